The molecule has 1 aliphatic heterocycles. The molecule has 0 aliphatic carbocycles. The standard InChI is InChI=1S/C15H23NO4S/c1-5-21(17,18)10-16-14-8-11-6-7-12(19-4)9-13(11)20-15(14,2)3/h6-7,9,14,16H,5,8,10H2,1-4H3. The number of benzene rings is 1. The van der Waals surface area contributed by atoms with Crippen molar-refractivity contribution in [3.63, 3.8) is 0 Å². The van der Waals surface area contributed by atoms with Crippen LogP contribution in [-0.2, 0) is 16.3 Å². The maximum absolute atomic E-state index is 11.7. The second-order valence-corrected chi connectivity index (χ2v) is 8.17. The number of nitrogens with one attached hydrogen (secondary N) is 1. The maximum atomic E-state index is 11.7. The van der Waals surface area contributed by atoms with Gasteiger partial charge in [-0.1, -0.05) is 13.0 Å². The van der Waals surface area contributed by atoms with Crippen molar-refractivity contribution in [1.82, 2.24) is 5.32 Å². The largest absolute Gasteiger partial charge is 0.497 e. The highest BCUT2D eigenvalue weighted by Gasteiger charge is 2.37. The molecule has 0 saturated carbocycles. The van der Waals surface area contributed by atoms with E-state index in [2.05, 4.69) is 5.32 Å². The zero-order valence-electron chi connectivity index (χ0n) is 13.0. The quantitative estimate of drug-likeness (QED) is 0.897. The first-order valence-corrected chi connectivity index (χ1v) is 8.89. The third kappa shape index (κ3) is 3.68. The lowest BCUT2D eigenvalue weighted by Gasteiger charge is -2.40. The van der Waals surface area contributed by atoms with Crippen LogP contribution in [0, 0.1) is 0 Å². The van der Waals surface area contributed by atoms with Gasteiger partial charge in [0.2, 0.25) is 0 Å². The Labute approximate surface area is 126 Å². The minimum atomic E-state index is -3.04. The van der Waals surface area contributed by atoms with Crippen LogP contribution in [0.15, 0.2) is 18.2 Å². The summed E-state index contributed by atoms with van der Waals surface area (Å²) in [5.74, 6) is 1.68. The molecule has 0 saturated heterocycles. The number of hydrogen-bond donors (Lipinski definition) is 1. The van der Waals surface area contributed by atoms with Gasteiger partial charge in [0.15, 0.2) is 9.84 Å². The van der Waals surface area contributed by atoms with Gasteiger partial charge in [-0.25, -0.2) is 8.42 Å². The summed E-state index contributed by atoms with van der Waals surface area (Å²) < 4.78 is 34.6. The molecular weight excluding hydrogens is 290 g/mol. The third-order valence-electron chi connectivity index (χ3n) is 3.90. The smallest absolute Gasteiger partial charge is 0.162 e. The summed E-state index contributed by atoms with van der Waals surface area (Å²) in [6, 6.07) is 5.67. The van der Waals surface area contributed by atoms with Gasteiger partial charge in [0.05, 0.1) is 19.0 Å². The van der Waals surface area contributed by atoms with Crippen molar-refractivity contribution < 1.29 is 17.9 Å². The van der Waals surface area contributed by atoms with E-state index < -0.39 is 15.4 Å². The Balaban J connectivity index is 2.18. The first-order chi connectivity index (χ1) is 9.77. The number of sulfone groups is 1. The molecule has 1 unspecified atom stereocenters. The van der Waals surface area contributed by atoms with Crippen LogP contribution >= 0.6 is 0 Å². The molecule has 0 bridgehead atoms. The van der Waals surface area contributed by atoms with E-state index in [1.54, 1.807) is 14.0 Å². The van der Waals surface area contributed by atoms with E-state index in [0.29, 0.717) is 0 Å². The summed E-state index contributed by atoms with van der Waals surface area (Å²) in [4.78, 5) is 0. The highest BCUT2D eigenvalue weighted by Crippen LogP contribution is 2.35. The van der Waals surface area contributed by atoms with Crippen molar-refractivity contribution in [2.45, 2.75) is 38.8 Å². The molecule has 1 aromatic carbocycles. The molecule has 118 valence electrons. The Hall–Kier alpha value is -1.27. The van der Waals surface area contributed by atoms with E-state index in [1.807, 2.05) is 32.0 Å². The van der Waals surface area contributed by atoms with Gasteiger partial charge in [-0.15, -0.1) is 0 Å². The number of ether oxygens (including phenoxy) is 2. The molecule has 0 spiro atoms. The minimum Gasteiger partial charge on any atom is -0.497 e. The minimum absolute atomic E-state index is 0.0214. The Morgan fingerprint density at radius 3 is 2.76 bits per heavy atom. The Morgan fingerprint density at radius 2 is 2.14 bits per heavy atom. The van der Waals surface area contributed by atoms with Gasteiger partial charge < -0.3 is 9.47 Å². The van der Waals surface area contributed by atoms with E-state index >= 15 is 0 Å². The highest BCUT2D eigenvalue weighted by molar-refractivity contribution is 7.91. The van der Waals surface area contributed by atoms with Crippen molar-refractivity contribution in [3.05, 3.63) is 23.8 Å². The van der Waals surface area contributed by atoms with E-state index in [0.717, 1.165) is 23.5 Å². The number of rotatable bonds is 5. The van der Waals surface area contributed by atoms with Crippen molar-refractivity contribution in [3.8, 4) is 11.5 Å². The fourth-order valence-corrected chi connectivity index (χ4v) is 3.05. The maximum Gasteiger partial charge on any atom is 0.162 e. The molecule has 1 atom stereocenters. The average Bonchev–Trinajstić information content (AvgIpc) is 2.43. The van der Waals surface area contributed by atoms with Gasteiger partial charge in [0.1, 0.15) is 17.1 Å². The van der Waals surface area contributed by atoms with Gasteiger partial charge >= 0.3 is 0 Å². The topological polar surface area (TPSA) is 64.6 Å². The lowest BCUT2D eigenvalue weighted by Crippen LogP contribution is -2.55. The number of fused-ring (bicyclic) bond motifs is 1. The van der Waals surface area contributed by atoms with Gasteiger partial charge in [0, 0.05) is 11.8 Å². The second-order valence-electron chi connectivity index (χ2n) is 5.82. The van der Waals surface area contributed by atoms with Crippen LogP contribution in [-0.4, -0.2) is 38.8 Å². The normalized spacial score (nSPS) is 20.5. The second kappa shape index (κ2) is 5.85. The van der Waals surface area contributed by atoms with E-state index in [4.69, 9.17) is 9.47 Å². The fraction of sp³-hybridized carbons (Fsp3) is 0.600. The van der Waals surface area contributed by atoms with Crippen molar-refractivity contribution in [2.24, 2.45) is 0 Å². The third-order valence-corrected chi connectivity index (χ3v) is 5.39. The Morgan fingerprint density at radius 1 is 1.43 bits per heavy atom. The molecule has 1 heterocycles. The first kappa shape index (κ1) is 16.1. The van der Waals surface area contributed by atoms with Crippen LogP contribution < -0.4 is 14.8 Å². The summed E-state index contributed by atoms with van der Waals surface area (Å²) in [7, 11) is -1.42. The summed E-state index contributed by atoms with van der Waals surface area (Å²) in [5.41, 5.74) is 0.573. The molecule has 1 aromatic rings. The molecule has 6 heteroatoms. The van der Waals surface area contributed by atoms with E-state index in [-0.39, 0.29) is 17.7 Å². The lowest BCUT2D eigenvalue weighted by atomic mass is 9.89. The SMILES string of the molecule is CCS(=O)(=O)CNC1Cc2ccc(OC)cc2OC1(C)C. The average molecular weight is 313 g/mol. The monoisotopic (exact) mass is 313 g/mol. The summed E-state index contributed by atoms with van der Waals surface area (Å²) in [6.07, 6.45) is 0.728. The predicted octanol–water partition coefficient (Wildman–Crippen LogP) is 1.76. The van der Waals surface area contributed by atoms with Gasteiger partial charge in [-0.2, -0.15) is 0 Å². The summed E-state index contributed by atoms with van der Waals surface area (Å²) in [5, 5.41) is 3.13. The van der Waals surface area contributed by atoms with Crippen LogP contribution in [0.4, 0.5) is 0 Å². The summed E-state index contributed by atoms with van der Waals surface area (Å²) in [6.45, 7) is 5.58. The van der Waals surface area contributed by atoms with Crippen LogP contribution in [0.25, 0.3) is 0 Å². The van der Waals surface area contributed by atoms with Crippen molar-refractivity contribution in [1.29, 1.82) is 0 Å². The lowest BCUT2D eigenvalue weighted by molar-refractivity contribution is 0.0504. The van der Waals surface area contributed by atoms with Gasteiger partial charge in [0.25, 0.3) is 0 Å². The fourth-order valence-electron chi connectivity index (χ4n) is 2.39. The van der Waals surface area contributed by atoms with E-state index in [1.165, 1.54) is 0 Å². The van der Waals surface area contributed by atoms with Crippen LogP contribution in [0.5, 0.6) is 11.5 Å². The zero-order valence-corrected chi connectivity index (χ0v) is 13.8. The number of hydrogen-bond acceptors (Lipinski definition) is 5. The molecule has 1 aliphatic rings. The molecule has 1 N–H and O–H groups in total. The Bertz CT molecular complexity index is 610. The van der Waals surface area contributed by atoms with Crippen molar-refractivity contribution in [2.75, 3.05) is 18.7 Å². The van der Waals surface area contributed by atoms with E-state index in [9.17, 15) is 8.42 Å². The number of methoxy groups -OCH3 is 1. The summed E-state index contributed by atoms with van der Waals surface area (Å²) >= 11 is 0. The molecule has 0 fully saturated rings. The first-order valence-electron chi connectivity index (χ1n) is 7.07. The Kier molecular flexibility index (Phi) is 4.49. The molecule has 5 nitrogen and oxygen atoms in total. The van der Waals surface area contributed by atoms with Gasteiger partial charge in [-0.3, -0.25) is 5.32 Å². The molecule has 21 heavy (non-hydrogen) atoms. The molecular formula is C15H23NO4S. The van der Waals surface area contributed by atoms with Crippen LogP contribution in [0.3, 0.4) is 0 Å². The van der Waals surface area contributed by atoms with Crippen molar-refractivity contribution >= 4 is 9.84 Å². The zero-order chi connectivity index (χ0) is 15.7. The molecule has 0 amide bonds. The molecule has 0 radical (unpaired) electrons. The molecule has 0 aromatic heterocycles. The van der Waals surface area contributed by atoms with Crippen LogP contribution in [0.1, 0.15) is 26.3 Å². The van der Waals surface area contributed by atoms with Crippen LogP contribution in [0.2, 0.25) is 0 Å². The van der Waals surface area contributed by atoms with Gasteiger partial charge in [-0.05, 0) is 31.9 Å². The predicted molar refractivity (Wildman–Crippen MR) is 82.7 cm³/mol. The highest BCUT2D eigenvalue weighted by atomic mass is 32.2. The molecule has 2 rings (SSSR count).